The third-order valence-electron chi connectivity index (χ3n) is 5.93. The van der Waals surface area contributed by atoms with Gasteiger partial charge >= 0.3 is 0 Å². The van der Waals surface area contributed by atoms with E-state index in [1.54, 1.807) is 23.1 Å². The van der Waals surface area contributed by atoms with Crippen molar-refractivity contribution in [1.29, 1.82) is 0 Å². The number of aliphatic imine (C=N–C) groups is 1. The van der Waals surface area contributed by atoms with Crippen LogP contribution in [-0.4, -0.2) is 59.4 Å². The largest absolute Gasteiger partial charge is 0.462 e. The molecule has 1 aliphatic heterocycles. The molecule has 2 aromatic carbocycles. The number of benzene rings is 2. The number of nitrogens with zero attached hydrogens (tertiary/aromatic N) is 7. The lowest BCUT2D eigenvalue weighted by Gasteiger charge is -2.13. The molecule has 12 heteroatoms. The molecule has 1 aliphatic rings. The molecule has 0 saturated carbocycles. The fourth-order valence-corrected chi connectivity index (χ4v) is 3.89. The molecule has 37 heavy (non-hydrogen) atoms. The van der Waals surface area contributed by atoms with Gasteiger partial charge in [-0.05, 0) is 55.8 Å². The second kappa shape index (κ2) is 8.99. The van der Waals surface area contributed by atoms with Crippen LogP contribution in [0.15, 0.2) is 66.4 Å². The number of nitrogens with one attached hydrogen (secondary N) is 2. The zero-order chi connectivity index (χ0) is 25.4. The Morgan fingerprint density at radius 1 is 1.05 bits per heavy atom. The van der Waals surface area contributed by atoms with Crippen molar-refractivity contribution < 1.29 is 14.6 Å². The molecule has 186 valence electrons. The van der Waals surface area contributed by atoms with Gasteiger partial charge in [0.15, 0.2) is 5.65 Å². The Morgan fingerprint density at radius 2 is 1.92 bits per heavy atom. The molecule has 3 N–H and O–H groups in total. The third kappa shape index (κ3) is 4.57. The molecule has 0 saturated heterocycles. The topological polar surface area (TPSA) is 144 Å². The van der Waals surface area contributed by atoms with E-state index in [0.717, 1.165) is 27.8 Å². The molecule has 0 bridgehead atoms. The number of aryl methyl sites for hydroxylation is 1. The summed E-state index contributed by atoms with van der Waals surface area (Å²) in [5.41, 5.74) is 3.32. The Labute approximate surface area is 211 Å². The van der Waals surface area contributed by atoms with Gasteiger partial charge in [-0.25, -0.2) is 19.9 Å². The summed E-state index contributed by atoms with van der Waals surface area (Å²) in [5.74, 6) is 1.75. The lowest BCUT2D eigenvalue weighted by molar-refractivity contribution is 0.170. The van der Waals surface area contributed by atoms with Crippen LogP contribution < -0.4 is 15.4 Å². The Hall–Kier alpha value is -4.84. The van der Waals surface area contributed by atoms with E-state index < -0.39 is 5.54 Å². The highest BCUT2D eigenvalue weighted by molar-refractivity contribution is 5.97. The maximum absolute atomic E-state index is 9.51. The number of anilines is 3. The molecule has 1 atom stereocenters. The van der Waals surface area contributed by atoms with Gasteiger partial charge in [-0.15, -0.1) is 10.2 Å². The van der Waals surface area contributed by atoms with Crippen molar-refractivity contribution in [2.75, 3.05) is 23.8 Å². The van der Waals surface area contributed by atoms with Gasteiger partial charge in [-0.2, -0.15) is 0 Å². The number of fused-ring (bicyclic) bond motifs is 2. The monoisotopic (exact) mass is 497 g/mol. The fourth-order valence-electron chi connectivity index (χ4n) is 3.89. The van der Waals surface area contributed by atoms with Crippen LogP contribution in [0.3, 0.4) is 0 Å². The number of hydrogen-bond donors (Lipinski definition) is 3. The minimum Gasteiger partial charge on any atom is -0.462 e. The van der Waals surface area contributed by atoms with Crippen molar-refractivity contribution in [1.82, 2.24) is 29.5 Å². The van der Waals surface area contributed by atoms with Crippen molar-refractivity contribution >= 4 is 39.8 Å². The second-order valence-electron chi connectivity index (χ2n) is 8.97. The molecule has 3 aromatic heterocycles. The SMILES string of the molecule is Cc1cc(Nc2ncnc3ccc(NC4=NC(C)(CO)CO4)cc23)ccc1Oc1cc2nncn2cn1. The summed E-state index contributed by atoms with van der Waals surface area (Å²) in [5, 5.41) is 24.7. The number of aliphatic hydroxyl groups is 1. The normalized spacial score (nSPS) is 17.0. The van der Waals surface area contributed by atoms with Crippen molar-refractivity contribution in [2.24, 2.45) is 4.99 Å². The van der Waals surface area contributed by atoms with Crippen LogP contribution in [0.1, 0.15) is 12.5 Å². The molecular weight excluding hydrogens is 474 g/mol. The van der Waals surface area contributed by atoms with Crippen LogP contribution >= 0.6 is 0 Å². The van der Waals surface area contributed by atoms with E-state index >= 15 is 0 Å². The molecule has 0 amide bonds. The summed E-state index contributed by atoms with van der Waals surface area (Å²) >= 11 is 0. The first kappa shape index (κ1) is 22.6. The van der Waals surface area contributed by atoms with Gasteiger partial charge in [-0.1, -0.05) is 0 Å². The maximum Gasteiger partial charge on any atom is 0.290 e. The zero-order valence-corrected chi connectivity index (χ0v) is 20.1. The van der Waals surface area contributed by atoms with Crippen LogP contribution in [-0.2, 0) is 4.74 Å². The Kier molecular flexibility index (Phi) is 5.49. The van der Waals surface area contributed by atoms with Crippen molar-refractivity contribution in [3.05, 3.63) is 67.0 Å². The predicted octanol–water partition coefficient (Wildman–Crippen LogP) is 3.46. The molecule has 12 nitrogen and oxygen atoms in total. The summed E-state index contributed by atoms with van der Waals surface area (Å²) in [6.45, 7) is 4.02. The number of amidine groups is 1. The van der Waals surface area contributed by atoms with Crippen molar-refractivity contribution in [3.8, 4) is 11.6 Å². The first-order chi connectivity index (χ1) is 18.0. The van der Waals surface area contributed by atoms with Crippen LogP contribution in [0.25, 0.3) is 16.6 Å². The summed E-state index contributed by atoms with van der Waals surface area (Å²) in [6.07, 6.45) is 4.71. The van der Waals surface area contributed by atoms with Crippen molar-refractivity contribution in [2.45, 2.75) is 19.4 Å². The smallest absolute Gasteiger partial charge is 0.290 e. The van der Waals surface area contributed by atoms with Gasteiger partial charge in [0.1, 0.15) is 42.7 Å². The van der Waals surface area contributed by atoms with Crippen LogP contribution in [0.2, 0.25) is 0 Å². The summed E-state index contributed by atoms with van der Waals surface area (Å²) in [4.78, 5) is 17.5. The summed E-state index contributed by atoms with van der Waals surface area (Å²) < 4.78 is 13.3. The number of hydrogen-bond acceptors (Lipinski definition) is 11. The quantitative estimate of drug-likeness (QED) is 0.319. The summed E-state index contributed by atoms with van der Waals surface area (Å²) in [7, 11) is 0. The minimum absolute atomic E-state index is 0.0886. The van der Waals surface area contributed by atoms with E-state index in [9.17, 15) is 5.11 Å². The maximum atomic E-state index is 9.51. The van der Waals surface area contributed by atoms with E-state index in [0.29, 0.717) is 35.7 Å². The number of rotatable bonds is 6. The minimum atomic E-state index is -0.637. The van der Waals surface area contributed by atoms with Gasteiger partial charge < -0.3 is 25.2 Å². The van der Waals surface area contributed by atoms with Gasteiger partial charge in [-0.3, -0.25) is 4.40 Å². The predicted molar refractivity (Wildman–Crippen MR) is 137 cm³/mol. The highest BCUT2D eigenvalue weighted by Crippen LogP contribution is 2.30. The molecule has 0 aliphatic carbocycles. The summed E-state index contributed by atoms with van der Waals surface area (Å²) in [6, 6.07) is 13.6. The zero-order valence-electron chi connectivity index (χ0n) is 20.1. The van der Waals surface area contributed by atoms with Gasteiger partial charge in [0.05, 0.1) is 12.1 Å². The number of ether oxygens (including phenoxy) is 2. The lowest BCUT2D eigenvalue weighted by Crippen LogP contribution is -2.28. The molecule has 0 spiro atoms. The molecular formula is C25H23N9O3. The van der Waals surface area contributed by atoms with E-state index in [4.69, 9.17) is 9.47 Å². The highest BCUT2D eigenvalue weighted by atomic mass is 16.5. The lowest BCUT2D eigenvalue weighted by atomic mass is 10.1. The standard InChI is InChI=1S/C25H23N9O3/c1-15-7-16(4-6-20(15)37-22-9-21-33-29-14-34(21)13-28-22)30-23-18-8-17(3-5-19(18)26-12-27-23)31-24-32-25(2,10-35)11-36-24/h3-9,12-14,35H,10-11H2,1-2H3,(H,31,32)(H,26,27,30). The highest BCUT2D eigenvalue weighted by Gasteiger charge is 2.31. The van der Waals surface area contributed by atoms with E-state index in [2.05, 4.69) is 40.8 Å². The average Bonchev–Trinajstić information content (AvgIpc) is 3.52. The van der Waals surface area contributed by atoms with Crippen LogP contribution in [0.5, 0.6) is 11.6 Å². The van der Waals surface area contributed by atoms with E-state index in [1.165, 1.54) is 6.33 Å². The first-order valence-corrected chi connectivity index (χ1v) is 11.5. The molecule has 5 aromatic rings. The Bertz CT molecular complexity index is 1650. The van der Waals surface area contributed by atoms with Crippen LogP contribution in [0, 0.1) is 6.92 Å². The number of aromatic nitrogens is 6. The van der Waals surface area contributed by atoms with Gasteiger partial charge in [0.25, 0.3) is 6.02 Å². The molecule has 6 rings (SSSR count). The molecule has 0 fully saturated rings. The van der Waals surface area contributed by atoms with Crippen LogP contribution in [0.4, 0.5) is 17.2 Å². The average molecular weight is 498 g/mol. The second-order valence-corrected chi connectivity index (χ2v) is 8.97. The Balaban J connectivity index is 1.23. The fraction of sp³-hybridized carbons (Fsp3) is 0.200. The molecule has 4 heterocycles. The molecule has 0 radical (unpaired) electrons. The number of aliphatic hydroxyl groups excluding tert-OH is 1. The Morgan fingerprint density at radius 3 is 2.76 bits per heavy atom. The van der Waals surface area contributed by atoms with E-state index in [1.807, 2.05) is 50.2 Å². The van der Waals surface area contributed by atoms with Gasteiger partial charge in [0.2, 0.25) is 5.88 Å². The van der Waals surface area contributed by atoms with Crippen molar-refractivity contribution in [3.63, 3.8) is 0 Å². The van der Waals surface area contributed by atoms with E-state index in [-0.39, 0.29) is 6.61 Å². The third-order valence-corrected chi connectivity index (χ3v) is 5.93. The first-order valence-electron chi connectivity index (χ1n) is 11.5. The van der Waals surface area contributed by atoms with Gasteiger partial charge in [0, 0.05) is 22.8 Å². The molecule has 1 unspecified atom stereocenters.